The molecular weight excluding hydrogens is 298 g/mol. The Morgan fingerprint density at radius 3 is 2.68 bits per heavy atom. The molecule has 22 heavy (non-hydrogen) atoms. The molecule has 1 aliphatic heterocycles. The monoisotopic (exact) mass is 315 g/mol. The molecule has 1 saturated heterocycles. The number of carbonyl (C=O) groups is 1. The second-order valence-corrected chi connectivity index (χ2v) is 4.81. The van der Waals surface area contributed by atoms with Crippen LogP contribution in [0.1, 0.15) is 6.23 Å². The Kier molecular flexibility index (Phi) is 4.61. The van der Waals surface area contributed by atoms with Crippen LogP contribution in [0, 0.1) is 0 Å². The molecule has 5 atom stereocenters. The first-order valence-electron chi connectivity index (χ1n) is 6.38. The van der Waals surface area contributed by atoms with Gasteiger partial charge in [-0.3, -0.25) is 4.57 Å². The number of aliphatic hydroxyl groups is 3. The molecule has 0 aliphatic carbocycles. The lowest BCUT2D eigenvalue weighted by molar-refractivity contribution is -0.215. The summed E-state index contributed by atoms with van der Waals surface area (Å²) in [5.41, 5.74) is 9.63. The zero-order valence-electron chi connectivity index (χ0n) is 11.4. The summed E-state index contributed by atoms with van der Waals surface area (Å²) in [7, 11) is 0. The summed E-state index contributed by atoms with van der Waals surface area (Å²) in [5.74, 6) is -0.0178. The van der Waals surface area contributed by atoms with Crippen molar-refractivity contribution in [3.05, 3.63) is 22.7 Å². The maximum atomic E-state index is 11.9. The van der Waals surface area contributed by atoms with E-state index < -0.39 is 48.9 Å². The van der Waals surface area contributed by atoms with Gasteiger partial charge in [-0.25, -0.2) is 9.59 Å². The second-order valence-electron chi connectivity index (χ2n) is 4.81. The van der Waals surface area contributed by atoms with Crippen molar-refractivity contribution in [2.24, 2.45) is 5.73 Å². The molecule has 1 aliphatic rings. The molecule has 0 bridgehead atoms. The van der Waals surface area contributed by atoms with E-state index in [9.17, 15) is 24.9 Å². The number of hydrogen-bond donors (Lipinski definition) is 6. The number of urea groups is 1. The van der Waals surface area contributed by atoms with Crippen molar-refractivity contribution in [3.63, 3.8) is 0 Å². The number of aliphatic hydroxyl groups excluding tert-OH is 3. The van der Waals surface area contributed by atoms with Crippen LogP contribution in [-0.2, 0) is 4.74 Å². The van der Waals surface area contributed by atoms with Gasteiger partial charge in [0.05, 0.1) is 6.61 Å². The zero-order chi connectivity index (χ0) is 16.4. The van der Waals surface area contributed by atoms with Gasteiger partial charge in [0.25, 0.3) is 0 Å². The van der Waals surface area contributed by atoms with Gasteiger partial charge in [-0.15, -0.1) is 0 Å². The third kappa shape index (κ3) is 3.01. The van der Waals surface area contributed by atoms with Crippen LogP contribution >= 0.6 is 0 Å². The Morgan fingerprint density at radius 2 is 2.14 bits per heavy atom. The molecule has 11 heteroatoms. The number of nitrogens with two attached hydrogens (primary N) is 2. The molecule has 8 N–H and O–H groups in total. The molecule has 0 aromatic carbocycles. The van der Waals surface area contributed by atoms with Crippen molar-refractivity contribution in [2.45, 2.75) is 30.6 Å². The summed E-state index contributed by atoms with van der Waals surface area (Å²) in [4.78, 5) is 26.5. The molecule has 1 aromatic rings. The lowest BCUT2D eigenvalue weighted by Gasteiger charge is -2.42. The highest BCUT2D eigenvalue weighted by molar-refractivity contribution is 5.72. The number of primary amides is 1. The normalized spacial score (nSPS) is 31.7. The minimum atomic E-state index is -1.52. The summed E-state index contributed by atoms with van der Waals surface area (Å²) in [6, 6.07) is -0.889. The molecule has 2 amide bonds. The van der Waals surface area contributed by atoms with Crippen LogP contribution in [0.2, 0.25) is 0 Å². The number of nitrogen functional groups attached to an aromatic ring is 1. The van der Waals surface area contributed by atoms with E-state index >= 15 is 0 Å². The topological polar surface area (TPSA) is 186 Å². The Balaban J connectivity index is 2.42. The third-order valence-corrected chi connectivity index (χ3v) is 3.33. The van der Waals surface area contributed by atoms with Crippen LogP contribution < -0.4 is 22.5 Å². The van der Waals surface area contributed by atoms with E-state index in [0.29, 0.717) is 0 Å². The van der Waals surface area contributed by atoms with Gasteiger partial charge in [-0.1, -0.05) is 0 Å². The fraction of sp³-hybridized carbons (Fsp3) is 0.545. The SMILES string of the molecule is NC(=O)N[C@@H]1[C@@H](O)[C@H](O)[C@@H](CO)O[C@H]1n1ccc(N)nc1=O. The molecular formula is C11H17N5O6. The number of aromatic nitrogens is 2. The fourth-order valence-electron chi connectivity index (χ4n) is 2.28. The third-order valence-electron chi connectivity index (χ3n) is 3.33. The Hall–Kier alpha value is -2.21. The van der Waals surface area contributed by atoms with Gasteiger partial charge in [-0.2, -0.15) is 4.98 Å². The van der Waals surface area contributed by atoms with E-state index in [1.54, 1.807) is 0 Å². The van der Waals surface area contributed by atoms with Crippen molar-refractivity contribution in [1.29, 1.82) is 0 Å². The quantitative estimate of drug-likeness (QED) is 0.331. The van der Waals surface area contributed by atoms with Gasteiger partial charge in [0, 0.05) is 6.20 Å². The summed E-state index contributed by atoms with van der Waals surface area (Å²) in [5, 5.41) is 31.3. The van der Waals surface area contributed by atoms with Gasteiger partial charge >= 0.3 is 11.7 Å². The zero-order valence-corrected chi connectivity index (χ0v) is 11.4. The summed E-state index contributed by atoms with van der Waals surface area (Å²) < 4.78 is 6.36. The minimum Gasteiger partial charge on any atom is -0.394 e. The first-order chi connectivity index (χ1) is 10.3. The van der Waals surface area contributed by atoms with Crippen molar-refractivity contribution in [3.8, 4) is 0 Å². The number of nitrogens with one attached hydrogen (secondary N) is 1. The average Bonchev–Trinajstić information content (AvgIpc) is 2.45. The minimum absolute atomic E-state index is 0.0178. The van der Waals surface area contributed by atoms with E-state index in [1.807, 2.05) is 0 Å². The van der Waals surface area contributed by atoms with Crippen molar-refractivity contribution >= 4 is 11.8 Å². The summed E-state index contributed by atoms with van der Waals surface area (Å²) in [6.07, 6.45) is -4.13. The standard InChI is InChI=1S/C11H17N5O6/c12-5-1-2-16(11(21)14-5)9-6(15-10(13)20)8(19)7(18)4(3-17)22-9/h1-2,4,6-9,17-19H,3H2,(H2,12,14,21)(H3,13,15,20)/t4-,6-,7-,8-,9-/m1/s1. The lowest BCUT2D eigenvalue weighted by atomic mass is 9.96. The molecule has 2 heterocycles. The molecule has 0 radical (unpaired) electrons. The number of amides is 2. The maximum Gasteiger partial charge on any atom is 0.351 e. The lowest BCUT2D eigenvalue weighted by Crippen LogP contribution is -2.63. The van der Waals surface area contributed by atoms with Crippen molar-refractivity contribution < 1.29 is 24.9 Å². The average molecular weight is 315 g/mol. The van der Waals surface area contributed by atoms with E-state index in [0.717, 1.165) is 4.57 Å². The van der Waals surface area contributed by atoms with Crippen molar-refractivity contribution in [1.82, 2.24) is 14.9 Å². The summed E-state index contributed by atoms with van der Waals surface area (Å²) >= 11 is 0. The predicted octanol–water partition coefficient (Wildman–Crippen LogP) is -3.53. The Bertz CT molecular complexity index is 607. The highest BCUT2D eigenvalue weighted by Gasteiger charge is 2.46. The number of ether oxygens (including phenoxy) is 1. The number of anilines is 1. The van der Waals surface area contributed by atoms with Gasteiger partial charge in [-0.05, 0) is 6.07 Å². The second kappa shape index (κ2) is 6.27. The smallest absolute Gasteiger partial charge is 0.351 e. The molecule has 0 spiro atoms. The Morgan fingerprint density at radius 1 is 1.45 bits per heavy atom. The van der Waals surface area contributed by atoms with Crippen LogP contribution in [0.25, 0.3) is 0 Å². The van der Waals surface area contributed by atoms with E-state index in [4.69, 9.17) is 16.2 Å². The van der Waals surface area contributed by atoms with Gasteiger partial charge in [0.1, 0.15) is 30.2 Å². The predicted molar refractivity (Wildman–Crippen MR) is 72.4 cm³/mol. The first kappa shape index (κ1) is 16.2. The Labute approximate surface area is 124 Å². The fourth-order valence-corrected chi connectivity index (χ4v) is 2.28. The van der Waals surface area contributed by atoms with E-state index in [-0.39, 0.29) is 5.82 Å². The van der Waals surface area contributed by atoms with Crippen LogP contribution in [0.5, 0.6) is 0 Å². The molecule has 0 unspecified atom stereocenters. The van der Waals surface area contributed by atoms with Gasteiger partial charge < -0.3 is 36.8 Å². The van der Waals surface area contributed by atoms with Gasteiger partial charge in [0.2, 0.25) is 0 Å². The molecule has 122 valence electrons. The van der Waals surface area contributed by atoms with Crippen LogP contribution in [0.15, 0.2) is 17.1 Å². The van der Waals surface area contributed by atoms with E-state index in [2.05, 4.69) is 10.3 Å². The van der Waals surface area contributed by atoms with Gasteiger partial charge in [0.15, 0.2) is 6.23 Å². The van der Waals surface area contributed by atoms with Crippen LogP contribution in [0.3, 0.4) is 0 Å². The number of hydrogen-bond acceptors (Lipinski definition) is 8. The van der Waals surface area contributed by atoms with Crippen LogP contribution in [0.4, 0.5) is 10.6 Å². The maximum absolute atomic E-state index is 11.9. The summed E-state index contributed by atoms with van der Waals surface area (Å²) in [6.45, 7) is -0.602. The molecule has 0 saturated carbocycles. The number of nitrogens with zero attached hydrogens (tertiary/aromatic N) is 2. The molecule has 1 fully saturated rings. The number of rotatable bonds is 3. The number of carbonyl (C=O) groups excluding carboxylic acids is 1. The van der Waals surface area contributed by atoms with Crippen molar-refractivity contribution in [2.75, 3.05) is 12.3 Å². The van der Waals surface area contributed by atoms with Crippen LogP contribution in [-0.4, -0.2) is 61.9 Å². The first-order valence-corrected chi connectivity index (χ1v) is 6.38. The highest BCUT2D eigenvalue weighted by atomic mass is 16.5. The highest BCUT2D eigenvalue weighted by Crippen LogP contribution is 2.27. The molecule has 2 rings (SSSR count). The largest absolute Gasteiger partial charge is 0.394 e. The molecule has 11 nitrogen and oxygen atoms in total. The van der Waals surface area contributed by atoms with E-state index in [1.165, 1.54) is 12.3 Å². The molecule has 1 aromatic heterocycles.